The third-order valence-electron chi connectivity index (χ3n) is 3.51. The molecule has 0 heterocycles. The lowest BCUT2D eigenvalue weighted by molar-refractivity contribution is 0.242. The van der Waals surface area contributed by atoms with Crippen LogP contribution in [0.2, 0.25) is 0 Å². The Hall–Kier alpha value is -2.20. The van der Waals surface area contributed by atoms with Crippen LogP contribution in [0, 0.1) is 0 Å². The lowest BCUT2D eigenvalue weighted by Gasteiger charge is -2.18. The fourth-order valence-electron chi connectivity index (χ4n) is 2.32. The summed E-state index contributed by atoms with van der Waals surface area (Å²) in [6.07, 6.45) is 0.182. The van der Waals surface area contributed by atoms with Crippen molar-refractivity contribution < 1.29 is 9.84 Å². The zero-order chi connectivity index (χ0) is 16.7. The number of nitrogens with one attached hydrogen (secondary N) is 1. The Labute approximate surface area is 138 Å². The fraction of sp³-hybridized carbons (Fsp3) is 0.368. The Balaban J connectivity index is 1.93. The molecule has 4 nitrogen and oxygen atoms in total. The molecule has 0 aliphatic carbocycles. The summed E-state index contributed by atoms with van der Waals surface area (Å²) in [6.45, 7) is 5.60. The first kappa shape index (κ1) is 17.2. The van der Waals surface area contributed by atoms with Gasteiger partial charge >= 0.3 is 0 Å². The highest BCUT2D eigenvalue weighted by Crippen LogP contribution is 2.19. The maximum Gasteiger partial charge on any atom is 0.120 e. The van der Waals surface area contributed by atoms with E-state index in [4.69, 9.17) is 9.84 Å². The van der Waals surface area contributed by atoms with Gasteiger partial charge in [-0.25, -0.2) is 0 Å². The Bertz CT molecular complexity index is 597. The Kier molecular flexibility index (Phi) is 6.29. The molecule has 0 amide bonds. The zero-order valence-electron chi connectivity index (χ0n) is 14.1. The number of hydrogen-bond donors (Lipinski definition) is 2. The molecule has 0 radical (unpaired) electrons. The van der Waals surface area contributed by atoms with Gasteiger partial charge in [-0.2, -0.15) is 0 Å². The molecule has 0 spiro atoms. The third kappa shape index (κ3) is 5.49. The van der Waals surface area contributed by atoms with Crippen LogP contribution in [0.4, 0.5) is 11.4 Å². The Morgan fingerprint density at radius 1 is 1.13 bits per heavy atom. The van der Waals surface area contributed by atoms with Gasteiger partial charge in [0, 0.05) is 31.5 Å². The van der Waals surface area contributed by atoms with Crippen molar-refractivity contribution in [3.8, 4) is 5.75 Å². The number of aliphatic hydroxyl groups is 1. The van der Waals surface area contributed by atoms with Crippen molar-refractivity contribution in [3.05, 3.63) is 54.1 Å². The topological polar surface area (TPSA) is 44.7 Å². The van der Waals surface area contributed by atoms with E-state index in [0.29, 0.717) is 6.54 Å². The maximum absolute atomic E-state index is 8.98. The highest BCUT2D eigenvalue weighted by Gasteiger charge is 2.02. The summed E-state index contributed by atoms with van der Waals surface area (Å²) in [6, 6.07) is 16.4. The highest BCUT2D eigenvalue weighted by molar-refractivity contribution is 5.55. The Morgan fingerprint density at radius 2 is 1.87 bits per heavy atom. The van der Waals surface area contributed by atoms with Crippen LogP contribution in [0.1, 0.15) is 19.4 Å². The summed E-state index contributed by atoms with van der Waals surface area (Å²) in [4.78, 5) is 2.02. The van der Waals surface area contributed by atoms with Gasteiger partial charge in [0.05, 0.1) is 12.7 Å². The molecule has 0 aromatic heterocycles. The van der Waals surface area contributed by atoms with Crippen molar-refractivity contribution in [2.45, 2.75) is 26.5 Å². The predicted octanol–water partition coefficient (Wildman–Crippen LogP) is 3.51. The number of anilines is 2. The molecule has 0 bridgehead atoms. The first-order valence-corrected chi connectivity index (χ1v) is 8.00. The van der Waals surface area contributed by atoms with Crippen LogP contribution < -0.4 is 15.0 Å². The molecule has 4 heteroatoms. The van der Waals surface area contributed by atoms with Gasteiger partial charge in [0.1, 0.15) is 5.75 Å². The molecule has 2 rings (SSSR count). The van der Waals surface area contributed by atoms with Crippen molar-refractivity contribution in [1.82, 2.24) is 0 Å². The molecule has 124 valence electrons. The largest absolute Gasteiger partial charge is 0.491 e. The Morgan fingerprint density at radius 3 is 2.52 bits per heavy atom. The molecule has 0 aliphatic rings. The minimum atomic E-state index is 0.158. The summed E-state index contributed by atoms with van der Waals surface area (Å²) < 4.78 is 5.72. The van der Waals surface area contributed by atoms with Crippen LogP contribution in [-0.4, -0.2) is 31.4 Å². The number of aliphatic hydroxyl groups excluding tert-OH is 1. The molecule has 23 heavy (non-hydrogen) atoms. The molecule has 0 aliphatic heterocycles. The van der Waals surface area contributed by atoms with Gasteiger partial charge in [-0.1, -0.05) is 12.1 Å². The normalized spacial score (nSPS) is 10.7. The first-order valence-electron chi connectivity index (χ1n) is 8.00. The van der Waals surface area contributed by atoms with E-state index in [1.54, 1.807) is 0 Å². The molecule has 0 fully saturated rings. The molecular formula is C19H26N2O2. The molecule has 0 atom stereocenters. The lowest BCUT2D eigenvalue weighted by Crippen LogP contribution is -2.20. The van der Waals surface area contributed by atoms with E-state index in [2.05, 4.69) is 41.7 Å². The summed E-state index contributed by atoms with van der Waals surface area (Å²) in [7, 11) is 1.97. The predicted molar refractivity (Wildman–Crippen MR) is 96.3 cm³/mol. The highest BCUT2D eigenvalue weighted by atomic mass is 16.5. The van der Waals surface area contributed by atoms with Crippen LogP contribution in [0.3, 0.4) is 0 Å². The van der Waals surface area contributed by atoms with E-state index in [9.17, 15) is 0 Å². The minimum Gasteiger partial charge on any atom is -0.491 e. The summed E-state index contributed by atoms with van der Waals surface area (Å²) in [5, 5.41) is 12.4. The number of rotatable bonds is 8. The van der Waals surface area contributed by atoms with Crippen LogP contribution in [0.15, 0.2) is 48.5 Å². The molecule has 2 N–H and O–H groups in total. The molecule has 0 saturated heterocycles. The van der Waals surface area contributed by atoms with Crippen LogP contribution >= 0.6 is 0 Å². The van der Waals surface area contributed by atoms with Gasteiger partial charge in [0.2, 0.25) is 0 Å². The SMILES string of the molecule is CC(C)Oc1cccc(CNc2ccc(N(C)CCO)cc2)c1. The molecular weight excluding hydrogens is 288 g/mol. The first-order chi connectivity index (χ1) is 11.1. The summed E-state index contributed by atoms with van der Waals surface area (Å²) in [5.74, 6) is 0.903. The maximum atomic E-state index is 8.98. The quantitative estimate of drug-likeness (QED) is 0.782. The van der Waals surface area contributed by atoms with Crippen molar-refractivity contribution in [1.29, 1.82) is 0 Å². The monoisotopic (exact) mass is 314 g/mol. The van der Waals surface area contributed by atoms with E-state index in [1.165, 1.54) is 5.56 Å². The van der Waals surface area contributed by atoms with E-state index in [1.807, 2.05) is 37.9 Å². The smallest absolute Gasteiger partial charge is 0.120 e. The van der Waals surface area contributed by atoms with Crippen LogP contribution in [0.25, 0.3) is 0 Å². The summed E-state index contributed by atoms with van der Waals surface area (Å²) in [5.41, 5.74) is 3.35. The molecule has 0 unspecified atom stereocenters. The fourth-order valence-corrected chi connectivity index (χ4v) is 2.32. The lowest BCUT2D eigenvalue weighted by atomic mass is 10.2. The average molecular weight is 314 g/mol. The van der Waals surface area contributed by atoms with Gasteiger partial charge in [0.25, 0.3) is 0 Å². The van der Waals surface area contributed by atoms with Gasteiger partial charge < -0.3 is 20.1 Å². The third-order valence-corrected chi connectivity index (χ3v) is 3.51. The number of hydrogen-bond acceptors (Lipinski definition) is 4. The average Bonchev–Trinajstić information content (AvgIpc) is 2.53. The van der Waals surface area contributed by atoms with Crippen LogP contribution in [-0.2, 0) is 6.54 Å². The van der Waals surface area contributed by atoms with Gasteiger partial charge in [-0.3, -0.25) is 0 Å². The van der Waals surface area contributed by atoms with Crippen molar-refractivity contribution in [3.63, 3.8) is 0 Å². The van der Waals surface area contributed by atoms with Crippen LogP contribution in [0.5, 0.6) is 5.75 Å². The molecule has 2 aromatic rings. The van der Waals surface area contributed by atoms with E-state index < -0.39 is 0 Å². The minimum absolute atomic E-state index is 0.158. The molecule has 2 aromatic carbocycles. The summed E-state index contributed by atoms with van der Waals surface area (Å²) >= 11 is 0. The van der Waals surface area contributed by atoms with Crippen molar-refractivity contribution >= 4 is 11.4 Å². The number of nitrogens with zero attached hydrogens (tertiary/aromatic N) is 1. The standard InChI is InChI=1S/C19H26N2O2/c1-15(2)23-19-6-4-5-16(13-19)14-20-17-7-9-18(10-8-17)21(3)11-12-22/h4-10,13,15,20,22H,11-12,14H2,1-3H3. The second kappa shape index (κ2) is 8.44. The molecule has 0 saturated carbocycles. The van der Waals surface area contributed by atoms with Gasteiger partial charge in [-0.05, 0) is 55.8 Å². The zero-order valence-corrected chi connectivity index (χ0v) is 14.1. The van der Waals surface area contributed by atoms with Gasteiger partial charge in [-0.15, -0.1) is 0 Å². The van der Waals surface area contributed by atoms with Crippen molar-refractivity contribution in [2.24, 2.45) is 0 Å². The second-order valence-corrected chi connectivity index (χ2v) is 5.86. The van der Waals surface area contributed by atoms with E-state index in [0.717, 1.165) is 23.7 Å². The van der Waals surface area contributed by atoms with Gasteiger partial charge in [0.15, 0.2) is 0 Å². The second-order valence-electron chi connectivity index (χ2n) is 5.86. The van der Waals surface area contributed by atoms with E-state index >= 15 is 0 Å². The number of benzene rings is 2. The van der Waals surface area contributed by atoms with Crippen molar-refractivity contribution in [2.75, 3.05) is 30.4 Å². The number of likely N-dealkylation sites (N-methyl/N-ethyl adjacent to an activating group) is 1. The van der Waals surface area contributed by atoms with E-state index in [-0.39, 0.29) is 12.7 Å². The number of ether oxygens (including phenoxy) is 1.